The average Bonchev–Trinajstić information content (AvgIpc) is 2.40. The minimum Gasteiger partial charge on any atom is -0.308 e. The summed E-state index contributed by atoms with van der Waals surface area (Å²) in [5.74, 6) is 8.15. The van der Waals surface area contributed by atoms with Crippen molar-refractivity contribution in [1.82, 2.24) is 9.88 Å². The maximum atomic E-state index is 5.26. The quantitative estimate of drug-likeness (QED) is 0.422. The molecule has 1 heterocycles. The van der Waals surface area contributed by atoms with Gasteiger partial charge in [0.25, 0.3) is 0 Å². The third-order valence-corrected chi connectivity index (χ3v) is 3.70. The number of thioether (sulfide) groups is 1. The molecule has 0 unspecified atom stereocenters. The molecule has 1 aromatic heterocycles. The fourth-order valence-electron chi connectivity index (χ4n) is 1.52. The second-order valence-corrected chi connectivity index (χ2v) is 4.88. The lowest BCUT2D eigenvalue weighted by Crippen LogP contribution is -2.25. The Kier molecular flexibility index (Phi) is 7.00. The van der Waals surface area contributed by atoms with Crippen molar-refractivity contribution in [2.75, 3.05) is 30.8 Å². The van der Waals surface area contributed by atoms with E-state index in [1.165, 1.54) is 11.3 Å². The normalized spacial score (nSPS) is 10.8. The van der Waals surface area contributed by atoms with Gasteiger partial charge in [-0.25, -0.2) is 10.8 Å². The highest BCUT2D eigenvalue weighted by Crippen LogP contribution is 2.12. The molecule has 0 saturated heterocycles. The van der Waals surface area contributed by atoms with Crippen molar-refractivity contribution in [2.24, 2.45) is 5.84 Å². The van der Waals surface area contributed by atoms with Crippen LogP contribution in [0.3, 0.4) is 0 Å². The first kappa shape index (κ1) is 14.3. The number of nitrogens with one attached hydrogen (secondary N) is 1. The Morgan fingerprint density at radius 2 is 2.12 bits per heavy atom. The zero-order valence-electron chi connectivity index (χ0n) is 10.6. The predicted octanol–water partition coefficient (Wildman–Crippen LogP) is 1.94. The van der Waals surface area contributed by atoms with Gasteiger partial charge in [0.15, 0.2) is 0 Å². The van der Waals surface area contributed by atoms with E-state index >= 15 is 0 Å². The highest BCUT2D eigenvalue weighted by Gasteiger charge is 1.99. The smallest absolute Gasteiger partial charge is 0.139 e. The van der Waals surface area contributed by atoms with Crippen LogP contribution < -0.4 is 11.3 Å². The third-order valence-electron chi connectivity index (χ3n) is 2.69. The fraction of sp³-hybridized carbons (Fsp3) is 0.583. The van der Waals surface area contributed by atoms with Crippen LogP contribution in [-0.4, -0.2) is 35.3 Å². The molecule has 0 radical (unpaired) electrons. The number of hydrogen-bond acceptors (Lipinski definition) is 5. The first-order valence-corrected chi connectivity index (χ1v) is 7.17. The van der Waals surface area contributed by atoms with Gasteiger partial charge in [0.2, 0.25) is 0 Å². The van der Waals surface area contributed by atoms with E-state index in [1.807, 2.05) is 24.0 Å². The van der Waals surface area contributed by atoms with Crippen LogP contribution >= 0.6 is 11.8 Å². The lowest BCUT2D eigenvalue weighted by molar-refractivity contribution is 0.324. The van der Waals surface area contributed by atoms with Gasteiger partial charge in [0.05, 0.1) is 0 Å². The molecule has 0 aliphatic heterocycles. The second-order valence-electron chi connectivity index (χ2n) is 3.78. The van der Waals surface area contributed by atoms with E-state index in [4.69, 9.17) is 5.84 Å². The summed E-state index contributed by atoms with van der Waals surface area (Å²) in [4.78, 5) is 6.62. The van der Waals surface area contributed by atoms with Crippen LogP contribution in [0.4, 0.5) is 5.82 Å². The van der Waals surface area contributed by atoms with Crippen molar-refractivity contribution in [3.63, 3.8) is 0 Å². The molecule has 0 spiro atoms. The SMILES string of the molecule is CCN(CC)CCSCc1ccc(NN)nc1. The highest BCUT2D eigenvalue weighted by atomic mass is 32.2. The molecule has 0 aliphatic rings. The van der Waals surface area contributed by atoms with E-state index in [0.29, 0.717) is 5.82 Å². The Morgan fingerprint density at radius 1 is 1.35 bits per heavy atom. The standard InChI is InChI=1S/C12H22N4S/c1-3-16(4-2)7-8-17-10-11-5-6-12(15-13)14-9-11/h5-6,9H,3-4,7-8,10,13H2,1-2H3,(H,14,15). The van der Waals surface area contributed by atoms with Crippen LogP contribution in [0.15, 0.2) is 18.3 Å². The van der Waals surface area contributed by atoms with E-state index in [-0.39, 0.29) is 0 Å². The van der Waals surface area contributed by atoms with Crippen LogP contribution in [0.25, 0.3) is 0 Å². The Morgan fingerprint density at radius 3 is 2.65 bits per heavy atom. The van der Waals surface area contributed by atoms with Crippen molar-refractivity contribution in [1.29, 1.82) is 0 Å². The van der Waals surface area contributed by atoms with Crippen molar-refractivity contribution >= 4 is 17.6 Å². The van der Waals surface area contributed by atoms with Crippen LogP contribution in [0, 0.1) is 0 Å². The van der Waals surface area contributed by atoms with E-state index in [0.717, 1.165) is 25.4 Å². The zero-order valence-corrected chi connectivity index (χ0v) is 11.5. The summed E-state index contributed by atoms with van der Waals surface area (Å²) in [5.41, 5.74) is 3.77. The number of hydrazine groups is 1. The van der Waals surface area contributed by atoms with Gasteiger partial charge in [-0.1, -0.05) is 19.9 Å². The zero-order chi connectivity index (χ0) is 12.5. The summed E-state index contributed by atoms with van der Waals surface area (Å²) >= 11 is 1.95. The maximum Gasteiger partial charge on any atom is 0.139 e. The van der Waals surface area contributed by atoms with Crippen LogP contribution in [0.1, 0.15) is 19.4 Å². The van der Waals surface area contributed by atoms with Crippen LogP contribution in [0.2, 0.25) is 0 Å². The summed E-state index contributed by atoms with van der Waals surface area (Å²) in [6.45, 7) is 7.84. The number of hydrogen-bond donors (Lipinski definition) is 2. The molecule has 0 atom stereocenters. The Balaban J connectivity index is 2.21. The number of anilines is 1. The molecule has 0 amide bonds. The number of rotatable bonds is 8. The second kappa shape index (κ2) is 8.33. The number of aromatic nitrogens is 1. The average molecular weight is 254 g/mol. The van der Waals surface area contributed by atoms with Crippen molar-refractivity contribution in [3.05, 3.63) is 23.9 Å². The monoisotopic (exact) mass is 254 g/mol. The van der Waals surface area contributed by atoms with Gasteiger partial charge in [-0.05, 0) is 24.7 Å². The Hall–Kier alpha value is -0.780. The first-order valence-electron chi connectivity index (χ1n) is 6.01. The van der Waals surface area contributed by atoms with Gasteiger partial charge in [0.1, 0.15) is 5.82 Å². The van der Waals surface area contributed by atoms with Gasteiger partial charge in [-0.15, -0.1) is 0 Å². The molecular weight excluding hydrogens is 232 g/mol. The minimum absolute atomic E-state index is 0.710. The van der Waals surface area contributed by atoms with E-state index < -0.39 is 0 Å². The highest BCUT2D eigenvalue weighted by molar-refractivity contribution is 7.98. The fourth-order valence-corrected chi connectivity index (χ4v) is 2.46. The predicted molar refractivity (Wildman–Crippen MR) is 76.0 cm³/mol. The van der Waals surface area contributed by atoms with Gasteiger partial charge in [-0.3, -0.25) is 0 Å². The number of pyridine rings is 1. The van der Waals surface area contributed by atoms with Gasteiger partial charge < -0.3 is 10.3 Å². The minimum atomic E-state index is 0.710. The molecule has 3 N–H and O–H groups in total. The largest absolute Gasteiger partial charge is 0.308 e. The number of nitrogen functional groups attached to an aromatic ring is 1. The summed E-state index contributed by atoms with van der Waals surface area (Å²) in [7, 11) is 0. The summed E-state index contributed by atoms with van der Waals surface area (Å²) in [5, 5.41) is 0. The molecule has 1 aromatic rings. The van der Waals surface area contributed by atoms with Crippen LogP contribution in [-0.2, 0) is 5.75 Å². The molecule has 0 aromatic carbocycles. The van der Waals surface area contributed by atoms with Gasteiger partial charge in [0, 0.05) is 24.2 Å². The van der Waals surface area contributed by atoms with Gasteiger partial charge in [-0.2, -0.15) is 11.8 Å². The van der Waals surface area contributed by atoms with E-state index in [1.54, 1.807) is 0 Å². The number of nitrogens with two attached hydrogens (primary N) is 1. The summed E-state index contributed by atoms with van der Waals surface area (Å²) < 4.78 is 0. The van der Waals surface area contributed by atoms with E-state index in [2.05, 4.69) is 35.2 Å². The topological polar surface area (TPSA) is 54.2 Å². The molecule has 4 nitrogen and oxygen atoms in total. The third kappa shape index (κ3) is 5.39. The maximum absolute atomic E-state index is 5.26. The van der Waals surface area contributed by atoms with E-state index in [9.17, 15) is 0 Å². The molecule has 0 saturated carbocycles. The molecule has 1 rings (SSSR count). The molecule has 17 heavy (non-hydrogen) atoms. The van der Waals surface area contributed by atoms with Crippen molar-refractivity contribution < 1.29 is 0 Å². The Labute approximate surface area is 108 Å². The molecule has 5 heteroatoms. The number of nitrogens with zero attached hydrogens (tertiary/aromatic N) is 2. The summed E-state index contributed by atoms with van der Waals surface area (Å²) in [6.07, 6.45) is 1.87. The van der Waals surface area contributed by atoms with Crippen molar-refractivity contribution in [3.8, 4) is 0 Å². The lowest BCUT2D eigenvalue weighted by atomic mass is 10.3. The molecule has 0 bridgehead atoms. The van der Waals surface area contributed by atoms with Crippen LogP contribution in [0.5, 0.6) is 0 Å². The first-order chi connectivity index (χ1) is 8.30. The molecular formula is C12H22N4S. The van der Waals surface area contributed by atoms with Gasteiger partial charge >= 0.3 is 0 Å². The molecule has 0 fully saturated rings. The Bertz CT molecular complexity index is 298. The lowest BCUT2D eigenvalue weighted by Gasteiger charge is -2.17. The molecule has 0 aliphatic carbocycles. The molecule has 96 valence electrons. The summed E-state index contributed by atoms with van der Waals surface area (Å²) in [6, 6.07) is 3.97. The van der Waals surface area contributed by atoms with Crippen molar-refractivity contribution in [2.45, 2.75) is 19.6 Å².